The van der Waals surface area contributed by atoms with Crippen LogP contribution in [-0.4, -0.2) is 54.8 Å². The lowest BCUT2D eigenvalue weighted by Gasteiger charge is -2.25. The van der Waals surface area contributed by atoms with Crippen LogP contribution in [0.3, 0.4) is 0 Å². The Morgan fingerprint density at radius 2 is 2.00 bits per heavy atom. The summed E-state index contributed by atoms with van der Waals surface area (Å²) in [5.74, 6) is 2.40. The first kappa shape index (κ1) is 23.2. The number of likely N-dealkylation sites (tertiary alicyclic amines) is 1. The maximum absolute atomic E-state index is 10.7. The number of guanidine groups is 1. The molecule has 3 N–H and O–H groups in total. The minimum absolute atomic E-state index is 0.0933. The number of furan rings is 1. The van der Waals surface area contributed by atoms with Gasteiger partial charge in [0.15, 0.2) is 5.96 Å². The van der Waals surface area contributed by atoms with Crippen LogP contribution in [0.1, 0.15) is 57.1 Å². The van der Waals surface area contributed by atoms with Gasteiger partial charge in [-0.2, -0.15) is 0 Å². The molecule has 1 aliphatic rings. The summed E-state index contributed by atoms with van der Waals surface area (Å²) >= 11 is 0. The molecule has 1 saturated heterocycles. The summed E-state index contributed by atoms with van der Waals surface area (Å²) in [4.78, 5) is 7.23. The van der Waals surface area contributed by atoms with Crippen molar-refractivity contribution < 1.29 is 14.3 Å². The van der Waals surface area contributed by atoms with E-state index in [2.05, 4.69) is 15.5 Å². The van der Waals surface area contributed by atoms with E-state index in [1.807, 2.05) is 57.2 Å². The van der Waals surface area contributed by atoms with Gasteiger partial charge in [0.25, 0.3) is 0 Å². The number of hydrogen-bond donors (Lipinski definition) is 3. The summed E-state index contributed by atoms with van der Waals surface area (Å²) in [5.41, 5.74) is 0.812. The molecular weight excluding hydrogens is 392 g/mol. The van der Waals surface area contributed by atoms with E-state index < -0.39 is 6.10 Å². The molecular formula is C24H36N4O3. The van der Waals surface area contributed by atoms with Crippen LogP contribution in [0.5, 0.6) is 5.75 Å². The molecule has 1 aliphatic heterocycles. The average molecular weight is 429 g/mol. The number of hydrogen-bond acceptors (Lipinski definition) is 5. The molecule has 2 heterocycles. The Hall–Kier alpha value is -2.51. The maximum Gasteiger partial charge on any atom is 0.191 e. The van der Waals surface area contributed by atoms with Crippen LogP contribution in [0.15, 0.2) is 52.1 Å². The molecule has 31 heavy (non-hydrogen) atoms. The molecule has 3 rings (SSSR count). The highest BCUT2D eigenvalue weighted by atomic mass is 16.5. The number of aliphatic hydroxyl groups is 1. The fourth-order valence-corrected chi connectivity index (χ4v) is 3.82. The maximum atomic E-state index is 10.7. The highest BCUT2D eigenvalue weighted by Crippen LogP contribution is 2.26. The summed E-state index contributed by atoms with van der Waals surface area (Å²) < 4.78 is 11.4. The van der Waals surface area contributed by atoms with Crippen LogP contribution in [-0.2, 0) is 0 Å². The topological polar surface area (TPSA) is 82.3 Å². The SMILES string of the molecule is CCNC(=NCC(c1ccco1)N1CCCC1)NCC(O)c1cccc(OC(C)C)c1. The third kappa shape index (κ3) is 7.01. The third-order valence-corrected chi connectivity index (χ3v) is 5.30. The van der Waals surface area contributed by atoms with Crippen molar-refractivity contribution in [2.45, 2.75) is 51.9 Å². The molecule has 1 aromatic heterocycles. The molecule has 1 fully saturated rings. The number of nitrogens with zero attached hydrogens (tertiary/aromatic N) is 2. The van der Waals surface area contributed by atoms with E-state index in [1.54, 1.807) is 6.26 Å². The van der Waals surface area contributed by atoms with E-state index >= 15 is 0 Å². The monoisotopic (exact) mass is 428 g/mol. The van der Waals surface area contributed by atoms with Crippen molar-refractivity contribution in [3.05, 3.63) is 54.0 Å². The number of aliphatic hydroxyl groups excluding tert-OH is 1. The fraction of sp³-hybridized carbons (Fsp3) is 0.542. The number of ether oxygens (including phenoxy) is 1. The lowest BCUT2D eigenvalue weighted by molar-refractivity contribution is 0.179. The molecule has 2 aromatic rings. The molecule has 0 bridgehead atoms. The smallest absolute Gasteiger partial charge is 0.191 e. The predicted molar refractivity (Wildman–Crippen MR) is 123 cm³/mol. The number of nitrogens with one attached hydrogen (secondary N) is 2. The molecule has 0 radical (unpaired) electrons. The van der Waals surface area contributed by atoms with E-state index in [4.69, 9.17) is 14.1 Å². The van der Waals surface area contributed by atoms with E-state index in [-0.39, 0.29) is 12.1 Å². The van der Waals surface area contributed by atoms with Crippen LogP contribution in [0, 0.1) is 0 Å². The average Bonchev–Trinajstić information content (AvgIpc) is 3.46. The van der Waals surface area contributed by atoms with Crippen LogP contribution < -0.4 is 15.4 Å². The van der Waals surface area contributed by atoms with Crippen molar-refractivity contribution in [2.24, 2.45) is 4.99 Å². The number of aliphatic imine (C=N–C) groups is 1. The Labute approximate surface area is 185 Å². The Morgan fingerprint density at radius 3 is 2.68 bits per heavy atom. The first-order valence-electron chi connectivity index (χ1n) is 11.3. The minimum atomic E-state index is -0.668. The summed E-state index contributed by atoms with van der Waals surface area (Å²) in [6, 6.07) is 11.7. The van der Waals surface area contributed by atoms with Gasteiger partial charge in [0, 0.05) is 13.1 Å². The molecule has 7 heteroatoms. The van der Waals surface area contributed by atoms with Crippen LogP contribution >= 0.6 is 0 Å². The van der Waals surface area contributed by atoms with Crippen molar-refractivity contribution in [2.75, 3.05) is 32.7 Å². The number of benzene rings is 1. The van der Waals surface area contributed by atoms with E-state index in [0.717, 1.165) is 36.7 Å². The summed E-state index contributed by atoms with van der Waals surface area (Å²) in [6.07, 6.45) is 3.57. The first-order chi connectivity index (χ1) is 15.1. The van der Waals surface area contributed by atoms with Crippen molar-refractivity contribution in [1.82, 2.24) is 15.5 Å². The molecule has 170 valence electrons. The van der Waals surface area contributed by atoms with Gasteiger partial charge in [-0.25, -0.2) is 0 Å². The fourth-order valence-electron chi connectivity index (χ4n) is 3.82. The van der Waals surface area contributed by atoms with Crippen molar-refractivity contribution in [1.29, 1.82) is 0 Å². The van der Waals surface area contributed by atoms with E-state index in [1.165, 1.54) is 12.8 Å². The predicted octanol–water partition coefficient (Wildman–Crippen LogP) is 3.49. The second-order valence-corrected chi connectivity index (χ2v) is 8.13. The summed E-state index contributed by atoms with van der Waals surface area (Å²) in [5, 5.41) is 17.2. The van der Waals surface area contributed by atoms with Crippen LogP contribution in [0.25, 0.3) is 0 Å². The third-order valence-electron chi connectivity index (χ3n) is 5.30. The van der Waals surface area contributed by atoms with Crippen LogP contribution in [0.2, 0.25) is 0 Å². The lowest BCUT2D eigenvalue weighted by atomic mass is 10.1. The van der Waals surface area contributed by atoms with Crippen molar-refractivity contribution >= 4 is 5.96 Å². The molecule has 7 nitrogen and oxygen atoms in total. The zero-order chi connectivity index (χ0) is 22.1. The van der Waals surface area contributed by atoms with Gasteiger partial charge >= 0.3 is 0 Å². The highest BCUT2D eigenvalue weighted by molar-refractivity contribution is 5.79. The quantitative estimate of drug-likeness (QED) is 0.397. The van der Waals surface area contributed by atoms with Crippen LogP contribution in [0.4, 0.5) is 0 Å². The van der Waals surface area contributed by atoms with Gasteiger partial charge in [-0.1, -0.05) is 12.1 Å². The number of rotatable bonds is 10. The summed E-state index contributed by atoms with van der Waals surface area (Å²) in [6.45, 7) is 9.84. The lowest BCUT2D eigenvalue weighted by Crippen LogP contribution is -2.40. The zero-order valence-corrected chi connectivity index (χ0v) is 18.9. The molecule has 0 aliphatic carbocycles. The Bertz CT molecular complexity index is 801. The molecule has 0 spiro atoms. The Morgan fingerprint density at radius 1 is 1.19 bits per heavy atom. The molecule has 0 saturated carbocycles. The minimum Gasteiger partial charge on any atom is -0.491 e. The molecule has 0 amide bonds. The van der Waals surface area contributed by atoms with Gasteiger partial charge in [-0.15, -0.1) is 0 Å². The van der Waals surface area contributed by atoms with Gasteiger partial charge in [0.1, 0.15) is 11.5 Å². The normalized spacial score (nSPS) is 17.0. The van der Waals surface area contributed by atoms with E-state index in [9.17, 15) is 5.11 Å². The first-order valence-corrected chi connectivity index (χ1v) is 11.3. The Balaban J connectivity index is 1.62. The van der Waals surface area contributed by atoms with E-state index in [0.29, 0.717) is 19.0 Å². The van der Waals surface area contributed by atoms with Gasteiger partial charge in [-0.05, 0) is 76.5 Å². The standard InChI is InChI=1S/C24H36N4O3/c1-4-25-24(26-16-21(23-11-8-14-30-23)28-12-5-6-13-28)27-17-22(29)19-9-7-10-20(15-19)31-18(2)3/h7-11,14-15,18,21-22,29H,4-6,12-13,16-17H2,1-3H3,(H2,25,26,27). The van der Waals surface area contributed by atoms with Gasteiger partial charge < -0.3 is 24.9 Å². The summed E-state index contributed by atoms with van der Waals surface area (Å²) in [7, 11) is 0. The Kier molecular flexibility index (Phi) is 8.79. The molecule has 2 unspecified atom stereocenters. The zero-order valence-electron chi connectivity index (χ0n) is 18.9. The molecule has 1 aromatic carbocycles. The molecule has 2 atom stereocenters. The van der Waals surface area contributed by atoms with Gasteiger partial charge in [0.05, 0.1) is 31.1 Å². The second-order valence-electron chi connectivity index (χ2n) is 8.13. The van der Waals surface area contributed by atoms with Gasteiger partial charge in [-0.3, -0.25) is 9.89 Å². The highest BCUT2D eigenvalue weighted by Gasteiger charge is 2.25. The van der Waals surface area contributed by atoms with Gasteiger partial charge in [0.2, 0.25) is 0 Å². The second kappa shape index (κ2) is 11.8. The largest absolute Gasteiger partial charge is 0.491 e. The van der Waals surface area contributed by atoms with Crippen molar-refractivity contribution in [3.63, 3.8) is 0 Å². The van der Waals surface area contributed by atoms with Crippen molar-refractivity contribution in [3.8, 4) is 5.75 Å².